The highest BCUT2D eigenvalue weighted by atomic mass is 35.5. The number of hydrogen-bond acceptors (Lipinski definition) is 4. The number of carboxylic acids is 1. The number of rotatable bonds is 8. The lowest BCUT2D eigenvalue weighted by molar-refractivity contribution is -0.144. The molecule has 3 aromatic carbocycles. The molecule has 30 heavy (non-hydrogen) atoms. The first kappa shape index (κ1) is 22.3. The minimum atomic E-state index is -1.02. The number of aliphatic carboxylic acids is 1. The van der Waals surface area contributed by atoms with Gasteiger partial charge in [-0.15, -0.1) is 11.8 Å². The Kier molecular flexibility index (Phi) is 7.53. The van der Waals surface area contributed by atoms with Crippen molar-refractivity contribution in [2.75, 3.05) is 7.11 Å². The Labute approximate surface area is 189 Å². The Morgan fingerprint density at radius 3 is 2.43 bits per heavy atom. The summed E-state index contributed by atoms with van der Waals surface area (Å²) in [7, 11) is 1.58. The van der Waals surface area contributed by atoms with Gasteiger partial charge in [-0.3, -0.25) is 0 Å². The van der Waals surface area contributed by atoms with Crippen LogP contribution in [0.15, 0.2) is 65.6 Å². The lowest BCUT2D eigenvalue weighted by atomic mass is 10.0. The zero-order valence-corrected chi connectivity index (χ0v) is 18.7. The van der Waals surface area contributed by atoms with Crippen molar-refractivity contribution in [2.45, 2.75) is 23.7 Å². The molecule has 3 rings (SSSR count). The van der Waals surface area contributed by atoms with Crippen molar-refractivity contribution in [3.63, 3.8) is 0 Å². The topological polar surface area (TPSA) is 55.8 Å². The van der Waals surface area contributed by atoms with Crippen molar-refractivity contribution in [3.05, 3.63) is 76.3 Å². The summed E-state index contributed by atoms with van der Waals surface area (Å²) < 4.78 is 10.8. The van der Waals surface area contributed by atoms with Crippen LogP contribution in [-0.2, 0) is 10.5 Å². The molecule has 0 fully saturated rings. The number of carbonyl (C=O) groups is 1. The molecule has 0 heterocycles. The van der Waals surface area contributed by atoms with E-state index in [9.17, 15) is 4.79 Å². The first-order chi connectivity index (χ1) is 14.4. The van der Waals surface area contributed by atoms with E-state index in [0.717, 1.165) is 27.3 Å². The minimum absolute atomic E-state index is 0.454. The summed E-state index contributed by atoms with van der Waals surface area (Å²) in [4.78, 5) is 11.9. The van der Waals surface area contributed by atoms with Crippen molar-refractivity contribution in [3.8, 4) is 22.6 Å². The highest BCUT2D eigenvalue weighted by molar-refractivity contribution is 7.98. The zero-order valence-electron chi connectivity index (χ0n) is 16.4. The quantitative estimate of drug-likeness (QED) is 0.372. The fraction of sp³-hybridized carbons (Fsp3) is 0.174. The predicted octanol–water partition coefficient (Wildman–Crippen LogP) is 6.81. The molecule has 0 amide bonds. The molecule has 3 aromatic rings. The molecule has 0 bridgehead atoms. The maximum Gasteiger partial charge on any atom is 0.344 e. The maximum absolute atomic E-state index is 11.0. The van der Waals surface area contributed by atoms with Crippen LogP contribution in [0.25, 0.3) is 11.1 Å². The van der Waals surface area contributed by atoms with Crippen molar-refractivity contribution in [2.24, 2.45) is 0 Å². The van der Waals surface area contributed by atoms with E-state index in [0.29, 0.717) is 21.5 Å². The molecule has 7 heteroatoms. The average Bonchev–Trinajstić information content (AvgIpc) is 2.73. The van der Waals surface area contributed by atoms with Crippen LogP contribution < -0.4 is 9.47 Å². The first-order valence-corrected chi connectivity index (χ1v) is 10.9. The zero-order chi connectivity index (χ0) is 21.7. The summed E-state index contributed by atoms with van der Waals surface area (Å²) in [5.41, 5.74) is 3.11. The fourth-order valence-electron chi connectivity index (χ4n) is 2.76. The molecule has 0 aromatic heterocycles. The number of thioether (sulfide) groups is 1. The number of halogens is 2. The molecule has 0 aliphatic heterocycles. The second-order valence-electron chi connectivity index (χ2n) is 6.52. The third-order valence-corrected chi connectivity index (χ3v) is 6.06. The van der Waals surface area contributed by atoms with Crippen LogP contribution in [0.1, 0.15) is 12.5 Å². The normalized spacial score (nSPS) is 11.7. The molecule has 0 aliphatic rings. The highest BCUT2D eigenvalue weighted by Crippen LogP contribution is 2.36. The van der Waals surface area contributed by atoms with Gasteiger partial charge in [0.15, 0.2) is 6.10 Å². The summed E-state index contributed by atoms with van der Waals surface area (Å²) in [5, 5.41) is 10.2. The Hall–Kier alpha value is -2.34. The van der Waals surface area contributed by atoms with E-state index in [1.165, 1.54) is 6.92 Å². The monoisotopic (exact) mass is 462 g/mol. The van der Waals surface area contributed by atoms with Crippen LogP contribution in [0.5, 0.6) is 11.5 Å². The largest absolute Gasteiger partial charge is 0.495 e. The SMILES string of the molecule is COc1cc(OC(C)C(=O)O)ccc1SCc1ccc(-c2ccc(Cl)cc2Cl)cc1. The summed E-state index contributed by atoms with van der Waals surface area (Å²) in [6, 6.07) is 19.0. The Morgan fingerprint density at radius 2 is 1.80 bits per heavy atom. The van der Waals surface area contributed by atoms with Gasteiger partial charge in [0.05, 0.1) is 7.11 Å². The van der Waals surface area contributed by atoms with Crippen LogP contribution in [0.2, 0.25) is 10.0 Å². The molecular formula is C23H20Cl2O4S. The maximum atomic E-state index is 11.0. The molecular weight excluding hydrogens is 443 g/mol. The van der Waals surface area contributed by atoms with E-state index in [1.54, 1.807) is 37.1 Å². The smallest absolute Gasteiger partial charge is 0.344 e. The van der Waals surface area contributed by atoms with E-state index in [4.69, 9.17) is 37.8 Å². The van der Waals surface area contributed by atoms with E-state index >= 15 is 0 Å². The Morgan fingerprint density at radius 1 is 1.07 bits per heavy atom. The van der Waals surface area contributed by atoms with Gasteiger partial charge in [0.25, 0.3) is 0 Å². The van der Waals surface area contributed by atoms with Gasteiger partial charge in [-0.1, -0.05) is 53.5 Å². The third kappa shape index (κ3) is 5.63. The first-order valence-electron chi connectivity index (χ1n) is 9.12. The van der Waals surface area contributed by atoms with Gasteiger partial charge in [0.1, 0.15) is 11.5 Å². The van der Waals surface area contributed by atoms with Gasteiger partial charge in [0.2, 0.25) is 0 Å². The Balaban J connectivity index is 1.68. The summed E-state index contributed by atoms with van der Waals surface area (Å²) in [5.74, 6) is 0.821. The molecule has 156 valence electrons. The highest BCUT2D eigenvalue weighted by Gasteiger charge is 2.14. The van der Waals surface area contributed by atoms with Gasteiger partial charge in [-0.2, -0.15) is 0 Å². The van der Waals surface area contributed by atoms with E-state index < -0.39 is 12.1 Å². The molecule has 4 nitrogen and oxygen atoms in total. The van der Waals surface area contributed by atoms with Crippen molar-refractivity contribution in [1.82, 2.24) is 0 Å². The van der Waals surface area contributed by atoms with Crippen molar-refractivity contribution >= 4 is 40.9 Å². The number of carboxylic acid groups (broad SMARTS) is 1. The second kappa shape index (κ2) is 10.1. The molecule has 0 saturated heterocycles. The van der Waals surface area contributed by atoms with Gasteiger partial charge in [0, 0.05) is 32.3 Å². The van der Waals surface area contributed by atoms with Crippen LogP contribution in [-0.4, -0.2) is 24.3 Å². The second-order valence-corrected chi connectivity index (χ2v) is 8.38. The van der Waals surface area contributed by atoms with Gasteiger partial charge in [-0.25, -0.2) is 4.79 Å². The van der Waals surface area contributed by atoms with Gasteiger partial charge in [-0.05, 0) is 42.3 Å². The third-order valence-electron chi connectivity index (χ3n) is 4.39. The van der Waals surface area contributed by atoms with Crippen LogP contribution in [0, 0.1) is 0 Å². The lowest BCUT2D eigenvalue weighted by Crippen LogP contribution is -2.22. The average molecular weight is 463 g/mol. The molecule has 1 unspecified atom stereocenters. The van der Waals surface area contributed by atoms with Crippen molar-refractivity contribution < 1.29 is 19.4 Å². The summed E-state index contributed by atoms with van der Waals surface area (Å²) in [6.07, 6.45) is -0.930. The number of methoxy groups -OCH3 is 1. The molecule has 0 radical (unpaired) electrons. The number of hydrogen-bond donors (Lipinski definition) is 1. The van der Waals surface area contributed by atoms with Gasteiger partial charge >= 0.3 is 5.97 Å². The van der Waals surface area contributed by atoms with Crippen LogP contribution >= 0.6 is 35.0 Å². The predicted molar refractivity (Wildman–Crippen MR) is 122 cm³/mol. The Bertz CT molecular complexity index is 1040. The van der Waals surface area contributed by atoms with E-state index in [2.05, 4.69) is 12.1 Å². The lowest BCUT2D eigenvalue weighted by Gasteiger charge is -2.14. The van der Waals surface area contributed by atoms with Gasteiger partial charge < -0.3 is 14.6 Å². The summed E-state index contributed by atoms with van der Waals surface area (Å²) in [6.45, 7) is 1.48. The summed E-state index contributed by atoms with van der Waals surface area (Å²) >= 11 is 13.9. The molecule has 0 aliphatic carbocycles. The molecule has 0 saturated carbocycles. The fourth-order valence-corrected chi connectivity index (χ4v) is 4.24. The van der Waals surface area contributed by atoms with Crippen molar-refractivity contribution in [1.29, 1.82) is 0 Å². The number of benzene rings is 3. The standard InChI is InChI=1S/C23H20Cl2O4S/c1-14(23(26)27)29-18-8-10-22(21(12-18)28-2)30-13-15-3-5-16(6-4-15)19-9-7-17(24)11-20(19)25/h3-12,14H,13H2,1-2H3,(H,26,27). The number of ether oxygens (including phenoxy) is 2. The van der Waals surface area contributed by atoms with E-state index in [1.807, 2.05) is 30.3 Å². The van der Waals surface area contributed by atoms with E-state index in [-0.39, 0.29) is 0 Å². The minimum Gasteiger partial charge on any atom is -0.495 e. The molecule has 1 atom stereocenters. The molecule has 0 spiro atoms. The van der Waals surface area contributed by atoms with Crippen LogP contribution in [0.3, 0.4) is 0 Å². The molecule has 1 N–H and O–H groups in total. The van der Waals surface area contributed by atoms with Crippen LogP contribution in [0.4, 0.5) is 0 Å².